The molecule has 0 bridgehead atoms. The molecule has 0 aliphatic carbocycles. The molecule has 1 fully saturated rings. The molecule has 0 atom stereocenters. The largest absolute Gasteiger partial charge is 0.378 e. The summed E-state index contributed by atoms with van der Waals surface area (Å²) < 4.78 is 5.33. The van der Waals surface area contributed by atoms with Gasteiger partial charge in [0.15, 0.2) is 0 Å². The Morgan fingerprint density at radius 2 is 1.89 bits per heavy atom. The molecule has 1 aromatic rings. The molecule has 1 aromatic carbocycles. The molecule has 2 rings (SSSR count). The second-order valence-corrected chi connectivity index (χ2v) is 4.57. The van der Waals surface area contributed by atoms with Crippen LogP contribution in [-0.4, -0.2) is 32.2 Å². The predicted molar refractivity (Wildman–Crippen MR) is 77.5 cm³/mol. The minimum atomic E-state index is -0.0541. The molecule has 1 saturated heterocycles. The molecular formula is C15H20N2O2. The summed E-state index contributed by atoms with van der Waals surface area (Å²) in [4.78, 5) is 14.0. The van der Waals surface area contributed by atoms with Crippen LogP contribution in [0.1, 0.15) is 13.8 Å². The van der Waals surface area contributed by atoms with Crippen LogP contribution in [0.5, 0.6) is 0 Å². The quantitative estimate of drug-likeness (QED) is 0.849. The lowest BCUT2D eigenvalue weighted by molar-refractivity contribution is -0.112. The van der Waals surface area contributed by atoms with E-state index in [0.29, 0.717) is 0 Å². The van der Waals surface area contributed by atoms with Gasteiger partial charge in [-0.1, -0.05) is 6.08 Å². The van der Waals surface area contributed by atoms with Crippen molar-refractivity contribution in [1.29, 1.82) is 0 Å². The summed E-state index contributed by atoms with van der Waals surface area (Å²) in [5, 5.41) is 2.87. The normalized spacial score (nSPS) is 16.3. The number of anilines is 2. The molecule has 1 N–H and O–H groups in total. The number of nitrogens with one attached hydrogen (secondary N) is 1. The molecule has 4 nitrogen and oxygen atoms in total. The van der Waals surface area contributed by atoms with Crippen LogP contribution in [0, 0.1) is 0 Å². The van der Waals surface area contributed by atoms with E-state index >= 15 is 0 Å². The minimum Gasteiger partial charge on any atom is -0.378 e. The van der Waals surface area contributed by atoms with Gasteiger partial charge < -0.3 is 15.0 Å². The Balaban J connectivity index is 2.00. The Morgan fingerprint density at radius 1 is 1.26 bits per heavy atom. The van der Waals surface area contributed by atoms with Crippen molar-refractivity contribution in [2.75, 3.05) is 36.5 Å². The maximum Gasteiger partial charge on any atom is 0.250 e. The number of carbonyl (C=O) groups is 1. The molecule has 1 amide bonds. The summed E-state index contributed by atoms with van der Waals surface area (Å²) in [6, 6.07) is 7.94. The molecule has 19 heavy (non-hydrogen) atoms. The zero-order valence-corrected chi connectivity index (χ0v) is 11.5. The number of benzene rings is 1. The molecule has 1 aliphatic rings. The lowest BCUT2D eigenvalue weighted by Gasteiger charge is -2.28. The van der Waals surface area contributed by atoms with Crippen LogP contribution in [-0.2, 0) is 9.53 Å². The first-order chi connectivity index (χ1) is 9.20. The lowest BCUT2D eigenvalue weighted by Crippen LogP contribution is -2.36. The van der Waals surface area contributed by atoms with E-state index in [1.165, 1.54) is 5.69 Å². The van der Waals surface area contributed by atoms with Crippen LogP contribution >= 0.6 is 0 Å². The maximum atomic E-state index is 11.7. The molecule has 0 aromatic heterocycles. The molecule has 0 saturated carbocycles. The first kappa shape index (κ1) is 13.6. The molecule has 0 spiro atoms. The van der Waals surface area contributed by atoms with Gasteiger partial charge >= 0.3 is 0 Å². The Morgan fingerprint density at radius 3 is 2.47 bits per heavy atom. The average Bonchev–Trinajstić information content (AvgIpc) is 2.48. The van der Waals surface area contributed by atoms with Crippen molar-refractivity contribution in [3.05, 3.63) is 35.9 Å². The van der Waals surface area contributed by atoms with Gasteiger partial charge in [-0.05, 0) is 38.1 Å². The third-order valence-electron chi connectivity index (χ3n) is 3.29. The van der Waals surface area contributed by atoms with Crippen molar-refractivity contribution in [1.82, 2.24) is 0 Å². The zero-order valence-electron chi connectivity index (χ0n) is 11.5. The highest BCUT2D eigenvalue weighted by atomic mass is 16.5. The molecular weight excluding hydrogens is 240 g/mol. The van der Waals surface area contributed by atoms with Gasteiger partial charge in [0, 0.05) is 30.0 Å². The topological polar surface area (TPSA) is 41.6 Å². The van der Waals surface area contributed by atoms with Gasteiger partial charge in [0.2, 0.25) is 0 Å². The minimum absolute atomic E-state index is 0.0541. The maximum absolute atomic E-state index is 11.7. The summed E-state index contributed by atoms with van der Waals surface area (Å²) in [6.45, 7) is 7.05. The van der Waals surface area contributed by atoms with Crippen molar-refractivity contribution in [3.8, 4) is 0 Å². The summed E-state index contributed by atoms with van der Waals surface area (Å²) in [5.74, 6) is -0.0541. The zero-order chi connectivity index (χ0) is 13.7. The Kier molecular flexibility index (Phi) is 4.58. The van der Waals surface area contributed by atoms with E-state index in [9.17, 15) is 4.79 Å². The fraction of sp³-hybridized carbons (Fsp3) is 0.400. The summed E-state index contributed by atoms with van der Waals surface area (Å²) in [7, 11) is 0. The molecule has 0 radical (unpaired) electrons. The van der Waals surface area contributed by atoms with Crippen LogP contribution < -0.4 is 10.2 Å². The molecule has 4 heteroatoms. The number of carbonyl (C=O) groups excluding carboxylic acids is 1. The van der Waals surface area contributed by atoms with Crippen molar-refractivity contribution in [2.24, 2.45) is 0 Å². The lowest BCUT2D eigenvalue weighted by atomic mass is 10.2. The third-order valence-corrected chi connectivity index (χ3v) is 3.29. The molecule has 1 aliphatic heterocycles. The number of nitrogens with zero attached hydrogens (tertiary/aromatic N) is 1. The van der Waals surface area contributed by atoms with Gasteiger partial charge in [0.25, 0.3) is 5.91 Å². The van der Waals surface area contributed by atoms with Crippen molar-refractivity contribution in [2.45, 2.75) is 13.8 Å². The number of morpholine rings is 1. The second-order valence-electron chi connectivity index (χ2n) is 4.57. The van der Waals surface area contributed by atoms with Crippen LogP contribution in [0.2, 0.25) is 0 Å². The summed E-state index contributed by atoms with van der Waals surface area (Å²) >= 11 is 0. The Hall–Kier alpha value is -1.81. The first-order valence-electron chi connectivity index (χ1n) is 6.57. The van der Waals surface area contributed by atoms with Crippen LogP contribution in [0.15, 0.2) is 35.9 Å². The SMILES string of the molecule is CC=C(C)C(=O)Nc1ccc(N2CCOCC2)cc1. The van der Waals surface area contributed by atoms with Crippen molar-refractivity contribution >= 4 is 17.3 Å². The Bertz CT molecular complexity index is 460. The van der Waals surface area contributed by atoms with E-state index in [4.69, 9.17) is 4.74 Å². The van der Waals surface area contributed by atoms with E-state index < -0.39 is 0 Å². The number of allylic oxidation sites excluding steroid dienone is 1. The average molecular weight is 260 g/mol. The van der Waals surface area contributed by atoms with Crippen LogP contribution in [0.3, 0.4) is 0 Å². The standard InChI is InChI=1S/C15H20N2O2/c1-3-12(2)15(18)16-13-4-6-14(7-5-13)17-8-10-19-11-9-17/h3-7H,8-11H2,1-2H3,(H,16,18). The monoisotopic (exact) mass is 260 g/mol. The van der Waals surface area contributed by atoms with E-state index in [-0.39, 0.29) is 5.91 Å². The smallest absolute Gasteiger partial charge is 0.250 e. The number of hydrogen-bond donors (Lipinski definition) is 1. The van der Waals surface area contributed by atoms with Gasteiger partial charge in [-0.3, -0.25) is 4.79 Å². The third kappa shape index (κ3) is 3.58. The Labute approximate surface area is 114 Å². The second kappa shape index (κ2) is 6.38. The van der Waals surface area contributed by atoms with Crippen molar-refractivity contribution < 1.29 is 9.53 Å². The summed E-state index contributed by atoms with van der Waals surface area (Å²) in [5.41, 5.74) is 2.71. The highest BCUT2D eigenvalue weighted by Crippen LogP contribution is 2.19. The summed E-state index contributed by atoms with van der Waals surface area (Å²) in [6.07, 6.45) is 1.80. The predicted octanol–water partition coefficient (Wildman–Crippen LogP) is 2.43. The number of rotatable bonds is 3. The van der Waals surface area contributed by atoms with Gasteiger partial charge in [0.05, 0.1) is 13.2 Å². The highest BCUT2D eigenvalue weighted by Gasteiger charge is 2.11. The van der Waals surface area contributed by atoms with E-state index in [1.807, 2.05) is 31.2 Å². The van der Waals surface area contributed by atoms with E-state index in [1.54, 1.807) is 13.0 Å². The highest BCUT2D eigenvalue weighted by molar-refractivity contribution is 6.03. The fourth-order valence-electron chi connectivity index (χ4n) is 1.94. The van der Waals surface area contributed by atoms with Crippen LogP contribution in [0.25, 0.3) is 0 Å². The molecule has 102 valence electrons. The molecule has 0 unspecified atom stereocenters. The number of hydrogen-bond acceptors (Lipinski definition) is 3. The van der Waals surface area contributed by atoms with Crippen LogP contribution in [0.4, 0.5) is 11.4 Å². The van der Waals surface area contributed by atoms with Gasteiger partial charge in [-0.15, -0.1) is 0 Å². The first-order valence-corrected chi connectivity index (χ1v) is 6.57. The van der Waals surface area contributed by atoms with Gasteiger partial charge in [0.1, 0.15) is 0 Å². The van der Waals surface area contributed by atoms with Gasteiger partial charge in [-0.2, -0.15) is 0 Å². The number of ether oxygens (including phenoxy) is 1. The van der Waals surface area contributed by atoms with Crippen molar-refractivity contribution in [3.63, 3.8) is 0 Å². The molecule has 1 heterocycles. The van der Waals surface area contributed by atoms with E-state index in [2.05, 4.69) is 10.2 Å². The van der Waals surface area contributed by atoms with E-state index in [0.717, 1.165) is 37.6 Å². The number of amides is 1. The fourth-order valence-corrected chi connectivity index (χ4v) is 1.94. The van der Waals surface area contributed by atoms with Gasteiger partial charge in [-0.25, -0.2) is 0 Å².